The van der Waals surface area contributed by atoms with E-state index in [-0.39, 0.29) is 17.7 Å². The maximum absolute atomic E-state index is 13.9. The number of carbonyl (C=O) groups is 2. The number of piperazine rings is 1. The second-order valence-corrected chi connectivity index (χ2v) is 12.6. The minimum absolute atomic E-state index is 0.0602. The fourth-order valence-corrected chi connectivity index (χ4v) is 8.20. The van der Waals surface area contributed by atoms with Crippen LogP contribution in [0.5, 0.6) is 0 Å². The van der Waals surface area contributed by atoms with Gasteiger partial charge in [0, 0.05) is 36.9 Å². The van der Waals surface area contributed by atoms with E-state index in [4.69, 9.17) is 0 Å². The number of aromatic nitrogens is 2. The van der Waals surface area contributed by atoms with Gasteiger partial charge in [-0.05, 0) is 70.6 Å². The predicted octanol–water partition coefficient (Wildman–Crippen LogP) is 4.16. The number of piperidine rings is 1. The molecule has 3 heterocycles. The highest BCUT2D eigenvalue weighted by molar-refractivity contribution is 6.00. The molecule has 3 N–H and O–H groups in total. The number of hydrogen-bond acceptors (Lipinski definition) is 5. The summed E-state index contributed by atoms with van der Waals surface area (Å²) in [5.74, 6) is 0.546. The van der Waals surface area contributed by atoms with Crippen LogP contribution in [0.4, 0.5) is 0 Å². The number of aliphatic hydroxyl groups excluding tert-OH is 1. The van der Waals surface area contributed by atoms with Gasteiger partial charge in [0.05, 0.1) is 11.8 Å². The number of carbonyl (C=O) groups excluding carboxylic acids is 2. The Labute approximate surface area is 228 Å². The summed E-state index contributed by atoms with van der Waals surface area (Å²) in [7, 11) is 0. The number of rotatable bonds is 7. The third-order valence-corrected chi connectivity index (χ3v) is 10.3. The standard InChI is InChI=1S/C30H49N5O3/c1-4-17-35-28(37)25(27(36)23-13-9-6-10-14-23)31-29(38)30(35)15-18-34(19-16-30)26(22-11-7-5-8-12-22)24-20(2)32-33-21(24)3/h22-23,25-27,36H,4-19H2,1-3H3,(H,31,38)(H,32,33)/t25-,26?,27-/m1/s1. The van der Waals surface area contributed by atoms with Crippen molar-refractivity contribution >= 4 is 11.8 Å². The molecule has 38 heavy (non-hydrogen) atoms. The molecule has 1 spiro atoms. The number of hydrogen-bond donors (Lipinski definition) is 3. The number of nitrogens with zero attached hydrogens (tertiary/aromatic N) is 3. The summed E-state index contributed by atoms with van der Waals surface area (Å²) in [6.45, 7) is 8.42. The Bertz CT molecular complexity index is 953. The van der Waals surface area contributed by atoms with Crippen LogP contribution in [0.2, 0.25) is 0 Å². The van der Waals surface area contributed by atoms with E-state index in [0.717, 1.165) is 56.6 Å². The predicted molar refractivity (Wildman–Crippen MR) is 147 cm³/mol. The van der Waals surface area contributed by atoms with E-state index in [1.165, 1.54) is 44.1 Å². The molecule has 212 valence electrons. The Hall–Kier alpha value is -1.93. The molecule has 4 aliphatic rings. The number of amides is 2. The molecule has 1 aromatic rings. The van der Waals surface area contributed by atoms with E-state index in [1.54, 1.807) is 0 Å². The van der Waals surface area contributed by atoms with Crippen LogP contribution in [-0.2, 0) is 9.59 Å². The normalized spacial score (nSPS) is 27.5. The minimum Gasteiger partial charge on any atom is -0.390 e. The van der Waals surface area contributed by atoms with E-state index in [0.29, 0.717) is 31.3 Å². The quantitative estimate of drug-likeness (QED) is 0.494. The summed E-state index contributed by atoms with van der Waals surface area (Å²) in [6, 6.07) is -0.513. The Balaban J connectivity index is 1.36. The van der Waals surface area contributed by atoms with Crippen LogP contribution in [0.15, 0.2) is 0 Å². The van der Waals surface area contributed by atoms with Gasteiger partial charge < -0.3 is 15.3 Å². The van der Waals surface area contributed by atoms with Crippen molar-refractivity contribution in [2.75, 3.05) is 19.6 Å². The van der Waals surface area contributed by atoms with Gasteiger partial charge in [0.1, 0.15) is 11.6 Å². The van der Waals surface area contributed by atoms with Crippen molar-refractivity contribution in [2.45, 2.75) is 128 Å². The number of likely N-dealkylation sites (tertiary alicyclic amines) is 1. The number of aliphatic hydroxyl groups is 1. The maximum atomic E-state index is 13.9. The first-order valence-electron chi connectivity index (χ1n) is 15.4. The Morgan fingerprint density at radius 1 is 0.974 bits per heavy atom. The van der Waals surface area contributed by atoms with Gasteiger partial charge in [0.25, 0.3) is 0 Å². The minimum atomic E-state index is -0.815. The molecule has 8 nitrogen and oxygen atoms in total. The van der Waals surface area contributed by atoms with Crippen LogP contribution in [-0.4, -0.2) is 74.2 Å². The summed E-state index contributed by atoms with van der Waals surface area (Å²) in [6.07, 6.45) is 12.9. The SMILES string of the molecule is CCCN1C(=O)[C@@H]([C@H](O)C2CCCCC2)NC(=O)C12CCN(C(c1c(C)n[nH]c1C)C1CCCCC1)CC2. The van der Waals surface area contributed by atoms with Gasteiger partial charge in [-0.2, -0.15) is 5.10 Å². The van der Waals surface area contributed by atoms with Gasteiger partial charge in [0.15, 0.2) is 0 Å². The van der Waals surface area contributed by atoms with Gasteiger partial charge in [-0.25, -0.2) is 0 Å². The average Bonchev–Trinajstić information content (AvgIpc) is 3.28. The lowest BCUT2D eigenvalue weighted by atomic mass is 9.75. The molecule has 8 heteroatoms. The summed E-state index contributed by atoms with van der Waals surface area (Å²) in [5.41, 5.74) is 2.74. The molecule has 4 fully saturated rings. The molecule has 0 radical (unpaired) electrons. The molecular formula is C30H49N5O3. The molecule has 2 aliphatic carbocycles. The van der Waals surface area contributed by atoms with Crippen LogP contribution in [0.25, 0.3) is 0 Å². The largest absolute Gasteiger partial charge is 0.390 e. The Morgan fingerprint density at radius 3 is 2.13 bits per heavy atom. The lowest BCUT2D eigenvalue weighted by molar-refractivity contribution is -0.166. The van der Waals surface area contributed by atoms with Crippen LogP contribution in [0.1, 0.15) is 113 Å². The second kappa shape index (κ2) is 11.7. The van der Waals surface area contributed by atoms with Crippen LogP contribution >= 0.6 is 0 Å². The second-order valence-electron chi connectivity index (χ2n) is 12.6. The first-order chi connectivity index (χ1) is 18.4. The summed E-state index contributed by atoms with van der Waals surface area (Å²) >= 11 is 0. The van der Waals surface area contributed by atoms with Crippen molar-refractivity contribution in [3.8, 4) is 0 Å². The number of nitrogens with one attached hydrogen (secondary N) is 2. The third-order valence-electron chi connectivity index (χ3n) is 10.3. The topological polar surface area (TPSA) is 102 Å². The molecule has 2 aliphatic heterocycles. The highest BCUT2D eigenvalue weighted by Gasteiger charge is 2.56. The zero-order valence-corrected chi connectivity index (χ0v) is 23.8. The molecule has 2 saturated carbocycles. The first-order valence-corrected chi connectivity index (χ1v) is 15.4. The third kappa shape index (κ3) is 5.03. The van der Waals surface area contributed by atoms with E-state index in [9.17, 15) is 14.7 Å². The maximum Gasteiger partial charge on any atom is 0.248 e. The van der Waals surface area contributed by atoms with Gasteiger partial charge in [-0.15, -0.1) is 0 Å². The molecule has 2 amide bonds. The smallest absolute Gasteiger partial charge is 0.248 e. The molecule has 3 atom stereocenters. The van der Waals surface area contributed by atoms with Crippen LogP contribution in [0.3, 0.4) is 0 Å². The number of H-pyrrole nitrogens is 1. The Morgan fingerprint density at radius 2 is 1.58 bits per heavy atom. The number of aryl methyl sites for hydroxylation is 2. The zero-order valence-electron chi connectivity index (χ0n) is 23.8. The van der Waals surface area contributed by atoms with E-state index < -0.39 is 17.7 Å². The lowest BCUT2D eigenvalue weighted by Crippen LogP contribution is -2.75. The van der Waals surface area contributed by atoms with E-state index in [1.807, 2.05) is 4.90 Å². The zero-order chi connectivity index (χ0) is 26.9. The highest BCUT2D eigenvalue weighted by atomic mass is 16.3. The monoisotopic (exact) mass is 527 g/mol. The molecule has 1 unspecified atom stereocenters. The number of aromatic amines is 1. The van der Waals surface area contributed by atoms with Crippen molar-refractivity contribution in [1.82, 2.24) is 25.3 Å². The lowest BCUT2D eigenvalue weighted by Gasteiger charge is -2.54. The van der Waals surface area contributed by atoms with Crippen molar-refractivity contribution in [3.05, 3.63) is 17.0 Å². The Kier molecular flexibility index (Phi) is 8.48. The van der Waals surface area contributed by atoms with Gasteiger partial charge in [0.2, 0.25) is 11.8 Å². The summed E-state index contributed by atoms with van der Waals surface area (Å²) < 4.78 is 0. The van der Waals surface area contributed by atoms with E-state index >= 15 is 0 Å². The molecule has 1 aromatic heterocycles. The molecule has 5 rings (SSSR count). The van der Waals surface area contributed by atoms with Crippen LogP contribution < -0.4 is 5.32 Å². The van der Waals surface area contributed by atoms with Crippen molar-refractivity contribution in [3.63, 3.8) is 0 Å². The molecule has 0 bridgehead atoms. The fraction of sp³-hybridized carbons (Fsp3) is 0.833. The van der Waals surface area contributed by atoms with Crippen LogP contribution in [0, 0.1) is 25.7 Å². The first kappa shape index (κ1) is 27.6. The van der Waals surface area contributed by atoms with Crippen molar-refractivity contribution in [1.29, 1.82) is 0 Å². The van der Waals surface area contributed by atoms with Crippen molar-refractivity contribution < 1.29 is 14.7 Å². The highest BCUT2D eigenvalue weighted by Crippen LogP contribution is 2.44. The molecule has 0 aromatic carbocycles. The van der Waals surface area contributed by atoms with Gasteiger partial charge in [-0.1, -0.05) is 45.4 Å². The summed E-state index contributed by atoms with van der Waals surface area (Å²) in [5, 5.41) is 22.0. The molecule has 2 saturated heterocycles. The van der Waals surface area contributed by atoms with Gasteiger partial charge >= 0.3 is 0 Å². The van der Waals surface area contributed by atoms with E-state index in [2.05, 4.69) is 41.2 Å². The summed E-state index contributed by atoms with van der Waals surface area (Å²) in [4.78, 5) is 32.2. The fourth-order valence-electron chi connectivity index (χ4n) is 8.20. The van der Waals surface area contributed by atoms with Crippen molar-refractivity contribution in [2.24, 2.45) is 11.8 Å². The molecular weight excluding hydrogens is 478 g/mol. The van der Waals surface area contributed by atoms with Gasteiger partial charge in [-0.3, -0.25) is 19.6 Å². The average molecular weight is 528 g/mol.